The number of nitrogens with zero attached hydrogens (tertiary/aromatic N) is 5. The van der Waals surface area contributed by atoms with Crippen LogP contribution in [0.15, 0.2) is 27.8 Å². The van der Waals surface area contributed by atoms with Gasteiger partial charge in [-0.25, -0.2) is 9.59 Å². The third kappa shape index (κ3) is 6.78. The third-order valence-corrected chi connectivity index (χ3v) is 5.27. The zero-order valence-corrected chi connectivity index (χ0v) is 22.4. The first-order valence-electron chi connectivity index (χ1n) is 11.2. The van der Waals surface area contributed by atoms with Gasteiger partial charge in [-0.05, 0) is 31.9 Å². The number of alkyl carbamates (subject to hydrolysis) is 1. The highest BCUT2D eigenvalue weighted by Crippen LogP contribution is 2.38. The van der Waals surface area contributed by atoms with E-state index in [1.165, 1.54) is 12.1 Å². The van der Waals surface area contributed by atoms with Gasteiger partial charge in [-0.15, -0.1) is 15.3 Å². The average molecular weight is 564 g/mol. The van der Waals surface area contributed by atoms with E-state index >= 15 is 0 Å². The summed E-state index contributed by atoms with van der Waals surface area (Å²) in [6.07, 6.45) is -1.59. The molecule has 3 aromatic rings. The Morgan fingerprint density at radius 1 is 1.11 bits per heavy atom. The summed E-state index contributed by atoms with van der Waals surface area (Å²) in [5.41, 5.74) is -1.64. The Labute approximate surface area is 226 Å². The summed E-state index contributed by atoms with van der Waals surface area (Å²) in [4.78, 5) is 37.6. The van der Waals surface area contributed by atoms with E-state index in [4.69, 9.17) is 42.7 Å². The topological polar surface area (TPSA) is 174 Å². The van der Waals surface area contributed by atoms with E-state index in [1.54, 1.807) is 32.9 Å². The van der Waals surface area contributed by atoms with Crippen LogP contribution in [-0.4, -0.2) is 43.4 Å². The van der Waals surface area contributed by atoms with Gasteiger partial charge in [-0.3, -0.25) is 9.78 Å². The quantitative estimate of drug-likeness (QED) is 0.384. The molecule has 0 spiro atoms. The Morgan fingerprint density at radius 3 is 2.34 bits per heavy atom. The van der Waals surface area contributed by atoms with Crippen molar-refractivity contribution in [3.05, 3.63) is 60.3 Å². The van der Waals surface area contributed by atoms with E-state index < -0.39 is 29.3 Å². The van der Waals surface area contributed by atoms with Crippen molar-refractivity contribution in [3.63, 3.8) is 0 Å². The van der Waals surface area contributed by atoms with E-state index in [-0.39, 0.29) is 45.2 Å². The molecule has 0 radical (unpaired) electrons. The van der Waals surface area contributed by atoms with Gasteiger partial charge in [0.2, 0.25) is 23.7 Å². The fourth-order valence-corrected chi connectivity index (χ4v) is 3.60. The van der Waals surface area contributed by atoms with Gasteiger partial charge in [-0.1, -0.05) is 37.0 Å². The Bertz CT molecular complexity index is 1490. The van der Waals surface area contributed by atoms with E-state index in [1.807, 2.05) is 18.8 Å². The van der Waals surface area contributed by atoms with Crippen molar-refractivity contribution in [2.75, 3.05) is 0 Å². The van der Waals surface area contributed by atoms with Crippen LogP contribution in [0, 0.1) is 11.3 Å². The molecule has 0 fully saturated rings. The molecule has 1 unspecified atom stereocenters. The highest BCUT2D eigenvalue weighted by atomic mass is 35.5. The zero-order valence-electron chi connectivity index (χ0n) is 20.9. The largest absolute Gasteiger partial charge is 0.436 e. The molecule has 2 heterocycles. The predicted octanol–water partition coefficient (Wildman–Crippen LogP) is 3.66. The van der Waals surface area contributed by atoms with Crippen LogP contribution in [-0.2, 0) is 4.74 Å². The van der Waals surface area contributed by atoms with E-state index in [0.29, 0.717) is 5.56 Å². The summed E-state index contributed by atoms with van der Waals surface area (Å²) in [6.45, 7) is 8.92. The SMILES string of the molecule is CC(C)NC(=O)OC(C)Oc1nnc(Oc2c(Cl)cc(-n3nc(C#N)c(=O)[nH]c3=O)cc2Cl)cc1C(C)C. The van der Waals surface area contributed by atoms with Gasteiger partial charge in [0.05, 0.1) is 15.7 Å². The Balaban J connectivity index is 1.87. The maximum absolute atomic E-state index is 12.2. The minimum Gasteiger partial charge on any atom is -0.436 e. The van der Waals surface area contributed by atoms with Crippen LogP contribution < -0.4 is 26.0 Å². The lowest BCUT2D eigenvalue weighted by molar-refractivity contribution is -0.0229. The summed E-state index contributed by atoms with van der Waals surface area (Å²) in [6, 6.07) is 5.69. The van der Waals surface area contributed by atoms with Gasteiger partial charge < -0.3 is 19.5 Å². The van der Waals surface area contributed by atoms with Crippen molar-refractivity contribution < 1.29 is 19.0 Å². The molecule has 200 valence electrons. The number of hydrogen-bond acceptors (Lipinski definition) is 10. The number of rotatable bonds is 8. The molecule has 0 aliphatic heterocycles. The molecule has 3 rings (SSSR count). The maximum atomic E-state index is 12.2. The third-order valence-electron chi connectivity index (χ3n) is 4.71. The first-order chi connectivity index (χ1) is 17.9. The van der Waals surface area contributed by atoms with Gasteiger partial charge in [-0.2, -0.15) is 9.94 Å². The number of aromatic amines is 1. The summed E-state index contributed by atoms with van der Waals surface area (Å²) < 4.78 is 17.4. The van der Waals surface area contributed by atoms with Crippen LogP contribution in [0.25, 0.3) is 5.69 Å². The smallest absolute Gasteiger partial charge is 0.410 e. The highest BCUT2D eigenvalue weighted by Gasteiger charge is 2.20. The molecule has 38 heavy (non-hydrogen) atoms. The fourth-order valence-electron chi connectivity index (χ4n) is 3.05. The van der Waals surface area contributed by atoms with E-state index in [2.05, 4.69) is 20.6 Å². The number of aromatic nitrogens is 5. The van der Waals surface area contributed by atoms with Crippen molar-refractivity contribution in [2.24, 2.45) is 0 Å². The molecule has 0 saturated heterocycles. The molecule has 1 aromatic carbocycles. The molecule has 0 aliphatic carbocycles. The number of carbonyl (C=O) groups excluding carboxylic acids is 1. The zero-order chi connectivity index (χ0) is 28.1. The minimum absolute atomic E-state index is 0.00907. The summed E-state index contributed by atoms with van der Waals surface area (Å²) >= 11 is 12.7. The number of ether oxygens (including phenoxy) is 3. The molecule has 1 atom stereocenters. The van der Waals surface area contributed by atoms with Crippen molar-refractivity contribution >= 4 is 29.3 Å². The second kappa shape index (κ2) is 11.9. The lowest BCUT2D eigenvalue weighted by Crippen LogP contribution is -2.34. The lowest BCUT2D eigenvalue weighted by atomic mass is 10.1. The lowest BCUT2D eigenvalue weighted by Gasteiger charge is -2.19. The van der Waals surface area contributed by atoms with Crippen LogP contribution in [0.5, 0.6) is 17.5 Å². The molecule has 2 aromatic heterocycles. The number of amides is 1. The highest BCUT2D eigenvalue weighted by molar-refractivity contribution is 6.37. The average Bonchev–Trinajstić information content (AvgIpc) is 2.81. The van der Waals surface area contributed by atoms with Crippen LogP contribution >= 0.6 is 23.2 Å². The van der Waals surface area contributed by atoms with Gasteiger partial charge in [0.25, 0.3) is 5.56 Å². The second-order valence-corrected chi connectivity index (χ2v) is 9.27. The number of nitrogens with one attached hydrogen (secondary N) is 2. The molecule has 2 N–H and O–H groups in total. The number of nitriles is 1. The van der Waals surface area contributed by atoms with Crippen LogP contribution in [0.4, 0.5) is 4.79 Å². The van der Waals surface area contributed by atoms with Crippen molar-refractivity contribution in [3.8, 4) is 29.3 Å². The molecular weight excluding hydrogens is 541 g/mol. The van der Waals surface area contributed by atoms with Crippen LogP contribution in [0.1, 0.15) is 51.8 Å². The molecule has 15 heteroatoms. The second-order valence-electron chi connectivity index (χ2n) is 8.46. The van der Waals surface area contributed by atoms with Gasteiger partial charge in [0.15, 0.2) is 5.75 Å². The predicted molar refractivity (Wildman–Crippen MR) is 136 cm³/mol. The molecule has 13 nitrogen and oxygen atoms in total. The van der Waals surface area contributed by atoms with Crippen LogP contribution in [0.3, 0.4) is 0 Å². The number of carbonyl (C=O) groups is 1. The molecule has 0 saturated carbocycles. The number of halogens is 2. The molecule has 1 amide bonds. The maximum Gasteiger partial charge on any atom is 0.410 e. The van der Waals surface area contributed by atoms with Crippen LogP contribution in [0.2, 0.25) is 10.0 Å². The Hall–Kier alpha value is -4.15. The van der Waals surface area contributed by atoms with Gasteiger partial charge >= 0.3 is 11.8 Å². The van der Waals surface area contributed by atoms with E-state index in [0.717, 1.165) is 4.68 Å². The normalized spacial score (nSPS) is 11.7. The fraction of sp³-hybridized carbons (Fsp3) is 0.348. The Morgan fingerprint density at radius 2 is 1.76 bits per heavy atom. The van der Waals surface area contributed by atoms with Crippen molar-refractivity contribution in [2.45, 2.75) is 52.9 Å². The van der Waals surface area contributed by atoms with Crippen molar-refractivity contribution in [1.29, 1.82) is 5.26 Å². The van der Waals surface area contributed by atoms with E-state index in [9.17, 15) is 14.4 Å². The number of benzene rings is 1. The summed E-state index contributed by atoms with van der Waals surface area (Å²) in [7, 11) is 0. The monoisotopic (exact) mass is 563 g/mol. The summed E-state index contributed by atoms with van der Waals surface area (Å²) in [5, 5.41) is 23.4. The minimum atomic E-state index is -0.949. The first-order valence-corrected chi connectivity index (χ1v) is 12.0. The number of hydrogen-bond donors (Lipinski definition) is 2. The molecule has 0 aliphatic rings. The number of H-pyrrole nitrogens is 1. The first kappa shape index (κ1) is 28.4. The standard InChI is InChI=1S/C23H23Cl2N7O6/c1-10(2)14-8-18(29-30-21(14)36-12(5)37-23(35)27-11(3)4)38-19-15(24)6-13(7-16(19)25)32-22(34)28-20(33)17(9-26)31-32/h6-8,10-12H,1-5H3,(H,27,35)(H,28,33,34). The molecule has 0 bridgehead atoms. The van der Waals surface area contributed by atoms with Gasteiger partial charge in [0, 0.05) is 24.6 Å². The summed E-state index contributed by atoms with van der Waals surface area (Å²) in [5.74, 6) is 0.103. The van der Waals surface area contributed by atoms with Gasteiger partial charge in [0.1, 0.15) is 6.07 Å². The molecular formula is C23H23Cl2N7O6. The Kier molecular flexibility index (Phi) is 8.92. The van der Waals surface area contributed by atoms with Crippen molar-refractivity contribution in [1.82, 2.24) is 30.3 Å².